The maximum absolute atomic E-state index is 12.8. The first kappa shape index (κ1) is 17.0. The molecule has 0 unspecified atom stereocenters. The van der Waals surface area contributed by atoms with E-state index in [1.807, 2.05) is 60.4 Å². The molecule has 136 valence electrons. The minimum absolute atomic E-state index is 0.169. The highest BCUT2D eigenvalue weighted by Crippen LogP contribution is 2.39. The first-order chi connectivity index (χ1) is 12.6. The lowest BCUT2D eigenvalue weighted by molar-refractivity contribution is -0.129. The molecule has 0 radical (unpaired) electrons. The van der Waals surface area contributed by atoms with E-state index in [4.69, 9.17) is 9.72 Å². The summed E-state index contributed by atoms with van der Waals surface area (Å²) in [6.45, 7) is 2.56. The van der Waals surface area contributed by atoms with Crippen LogP contribution < -0.4 is 4.90 Å². The molecule has 6 nitrogen and oxygen atoms in total. The number of carbonyl (C=O) groups is 1. The van der Waals surface area contributed by atoms with Crippen LogP contribution in [-0.2, 0) is 28.0 Å². The number of anilines is 1. The highest BCUT2D eigenvalue weighted by molar-refractivity contribution is 5.79. The topological polar surface area (TPSA) is 58.6 Å². The van der Waals surface area contributed by atoms with Gasteiger partial charge in [0, 0.05) is 38.9 Å². The van der Waals surface area contributed by atoms with Crippen LogP contribution in [-0.4, -0.2) is 54.6 Å². The number of hydrogen-bond donors (Lipinski definition) is 0. The molecule has 1 aromatic carbocycles. The molecule has 1 saturated heterocycles. The lowest BCUT2D eigenvalue weighted by Crippen LogP contribution is -2.42. The van der Waals surface area contributed by atoms with Crippen LogP contribution in [0.3, 0.4) is 0 Å². The van der Waals surface area contributed by atoms with Crippen molar-refractivity contribution in [3.8, 4) is 0 Å². The normalized spacial score (nSPS) is 21.7. The van der Waals surface area contributed by atoms with Gasteiger partial charge in [0.15, 0.2) is 0 Å². The predicted molar refractivity (Wildman–Crippen MR) is 99.0 cm³/mol. The summed E-state index contributed by atoms with van der Waals surface area (Å²) in [5.74, 6) is 0.876. The van der Waals surface area contributed by atoms with E-state index in [2.05, 4.69) is 4.98 Å². The molecule has 1 amide bonds. The smallest absolute Gasteiger partial charge is 0.227 e. The number of nitrogens with zero attached hydrogens (tertiary/aromatic N) is 4. The van der Waals surface area contributed by atoms with Crippen molar-refractivity contribution in [3.63, 3.8) is 0 Å². The van der Waals surface area contributed by atoms with Gasteiger partial charge >= 0.3 is 0 Å². The van der Waals surface area contributed by atoms with Gasteiger partial charge in [-0.15, -0.1) is 0 Å². The van der Waals surface area contributed by atoms with Crippen LogP contribution in [0.2, 0.25) is 0 Å². The van der Waals surface area contributed by atoms with Gasteiger partial charge in [-0.3, -0.25) is 4.79 Å². The van der Waals surface area contributed by atoms with Crippen LogP contribution in [0.4, 0.5) is 5.95 Å². The summed E-state index contributed by atoms with van der Waals surface area (Å²) >= 11 is 0. The average molecular weight is 352 g/mol. The Bertz CT molecular complexity index is 809. The molecular formula is C20H24N4O2. The second kappa shape index (κ2) is 6.68. The number of benzene rings is 1. The summed E-state index contributed by atoms with van der Waals surface area (Å²) in [7, 11) is 3.89. The Labute approximate surface area is 153 Å². The Morgan fingerprint density at radius 1 is 1.31 bits per heavy atom. The molecule has 4 rings (SSSR count). The standard InChI is InChI=1S/C20H24N4O2/c1-23(2)19-21-11-16-12-26-14-20(18(16)22-19)8-9-24(13-20)17(25)10-15-6-4-3-5-7-15/h3-7,11H,8-10,12-14H2,1-2H3/t20-/m0/s1. The maximum Gasteiger partial charge on any atom is 0.227 e. The SMILES string of the molecule is CN(C)c1ncc2c(n1)[C@]1(CCN(C(=O)Cc3ccccc3)C1)COC2. The van der Waals surface area contributed by atoms with Gasteiger partial charge in [-0.2, -0.15) is 0 Å². The van der Waals surface area contributed by atoms with Crippen molar-refractivity contribution in [1.82, 2.24) is 14.9 Å². The van der Waals surface area contributed by atoms with Gasteiger partial charge in [0.05, 0.1) is 30.7 Å². The van der Waals surface area contributed by atoms with E-state index >= 15 is 0 Å². The fourth-order valence-electron chi connectivity index (χ4n) is 3.88. The van der Waals surface area contributed by atoms with Crippen LogP contribution in [0.1, 0.15) is 23.2 Å². The van der Waals surface area contributed by atoms with Crippen LogP contribution in [0, 0.1) is 0 Å². The lowest BCUT2D eigenvalue weighted by Gasteiger charge is -2.34. The van der Waals surface area contributed by atoms with Crippen LogP contribution in [0.25, 0.3) is 0 Å². The van der Waals surface area contributed by atoms with E-state index in [1.54, 1.807) is 0 Å². The monoisotopic (exact) mass is 352 g/mol. The third-order valence-corrected chi connectivity index (χ3v) is 5.29. The van der Waals surface area contributed by atoms with Crippen molar-refractivity contribution in [2.45, 2.75) is 24.9 Å². The van der Waals surface area contributed by atoms with Gasteiger partial charge in [0.2, 0.25) is 11.9 Å². The second-order valence-electron chi connectivity index (χ2n) is 7.44. The van der Waals surface area contributed by atoms with Gasteiger partial charge < -0.3 is 14.5 Å². The summed E-state index contributed by atoms with van der Waals surface area (Å²) in [6, 6.07) is 9.91. The zero-order valence-corrected chi connectivity index (χ0v) is 15.3. The van der Waals surface area contributed by atoms with Gasteiger partial charge in [0.1, 0.15) is 0 Å². The quantitative estimate of drug-likeness (QED) is 0.843. The Balaban J connectivity index is 1.56. The van der Waals surface area contributed by atoms with Gasteiger partial charge in [-0.05, 0) is 12.0 Å². The maximum atomic E-state index is 12.8. The molecule has 0 bridgehead atoms. The minimum atomic E-state index is -0.215. The molecule has 26 heavy (non-hydrogen) atoms. The van der Waals surface area contributed by atoms with Crippen molar-refractivity contribution >= 4 is 11.9 Å². The van der Waals surface area contributed by atoms with Crippen LogP contribution in [0.15, 0.2) is 36.5 Å². The first-order valence-electron chi connectivity index (χ1n) is 9.01. The zero-order chi connectivity index (χ0) is 18.1. The highest BCUT2D eigenvalue weighted by atomic mass is 16.5. The summed E-state index contributed by atoms with van der Waals surface area (Å²) in [6.07, 6.45) is 3.19. The Morgan fingerprint density at radius 3 is 2.88 bits per heavy atom. The van der Waals surface area contributed by atoms with Crippen molar-refractivity contribution in [3.05, 3.63) is 53.3 Å². The van der Waals surface area contributed by atoms with E-state index in [0.29, 0.717) is 32.1 Å². The fourth-order valence-corrected chi connectivity index (χ4v) is 3.88. The lowest BCUT2D eigenvalue weighted by atomic mass is 9.80. The molecule has 0 N–H and O–H groups in total. The molecule has 2 aliphatic heterocycles. The van der Waals surface area contributed by atoms with Crippen molar-refractivity contribution in [1.29, 1.82) is 0 Å². The molecule has 1 fully saturated rings. The number of ether oxygens (including phenoxy) is 1. The number of aromatic nitrogens is 2. The third kappa shape index (κ3) is 3.05. The minimum Gasteiger partial charge on any atom is -0.376 e. The molecule has 2 aromatic rings. The summed E-state index contributed by atoms with van der Waals surface area (Å²) in [5, 5.41) is 0. The molecule has 0 saturated carbocycles. The molecule has 0 aliphatic carbocycles. The summed E-state index contributed by atoms with van der Waals surface area (Å²) in [5.41, 5.74) is 2.93. The van der Waals surface area contributed by atoms with Crippen LogP contribution in [0.5, 0.6) is 0 Å². The van der Waals surface area contributed by atoms with E-state index in [9.17, 15) is 4.79 Å². The van der Waals surface area contributed by atoms with Crippen molar-refractivity contribution in [2.75, 3.05) is 38.7 Å². The second-order valence-corrected chi connectivity index (χ2v) is 7.44. The van der Waals surface area contributed by atoms with Gasteiger partial charge in [-0.1, -0.05) is 30.3 Å². The van der Waals surface area contributed by atoms with E-state index in [1.165, 1.54) is 0 Å². The van der Waals surface area contributed by atoms with Crippen LogP contribution >= 0.6 is 0 Å². The molecule has 3 heterocycles. The van der Waals surface area contributed by atoms with Gasteiger partial charge in [-0.25, -0.2) is 9.97 Å². The predicted octanol–water partition coefficient (Wildman–Crippen LogP) is 1.79. The Morgan fingerprint density at radius 2 is 2.12 bits per heavy atom. The average Bonchev–Trinajstić information content (AvgIpc) is 3.07. The number of hydrogen-bond acceptors (Lipinski definition) is 5. The number of amides is 1. The van der Waals surface area contributed by atoms with E-state index in [0.717, 1.165) is 29.8 Å². The number of likely N-dealkylation sites (tertiary alicyclic amines) is 1. The van der Waals surface area contributed by atoms with Crippen molar-refractivity contribution < 1.29 is 9.53 Å². The molecule has 1 spiro atoms. The number of fused-ring (bicyclic) bond motifs is 2. The van der Waals surface area contributed by atoms with E-state index < -0.39 is 0 Å². The number of carbonyl (C=O) groups excluding carboxylic acids is 1. The fraction of sp³-hybridized carbons (Fsp3) is 0.450. The van der Waals surface area contributed by atoms with Gasteiger partial charge in [0.25, 0.3) is 0 Å². The molecule has 1 aromatic heterocycles. The summed E-state index contributed by atoms with van der Waals surface area (Å²) < 4.78 is 5.85. The third-order valence-electron chi connectivity index (χ3n) is 5.29. The summed E-state index contributed by atoms with van der Waals surface area (Å²) in [4.78, 5) is 25.9. The van der Waals surface area contributed by atoms with Crippen molar-refractivity contribution in [2.24, 2.45) is 0 Å². The highest BCUT2D eigenvalue weighted by Gasteiger charge is 2.46. The van der Waals surface area contributed by atoms with E-state index in [-0.39, 0.29) is 11.3 Å². The Kier molecular flexibility index (Phi) is 4.36. The zero-order valence-electron chi connectivity index (χ0n) is 15.3. The molecule has 2 aliphatic rings. The largest absolute Gasteiger partial charge is 0.376 e. The number of rotatable bonds is 3. The molecule has 1 atom stereocenters. The molecular weight excluding hydrogens is 328 g/mol. The Hall–Kier alpha value is -2.47. The molecule has 6 heteroatoms. The first-order valence-corrected chi connectivity index (χ1v) is 9.01.